The highest BCUT2D eigenvalue weighted by Gasteiger charge is 2.33. The Hall–Kier alpha value is -4.77. The van der Waals surface area contributed by atoms with Crippen LogP contribution in [0.1, 0.15) is 25.0 Å². The number of pyridine rings is 2. The minimum absolute atomic E-state index is 0.185. The molecular formula is C37H31FN2O5S2. The largest absolute Gasteiger partial charge is 0.473 e. The highest BCUT2D eigenvalue weighted by Crippen LogP contribution is 2.39. The molecule has 2 aromatic heterocycles. The maximum Gasteiger partial charge on any atom is 0.214 e. The molecule has 0 bridgehead atoms. The Morgan fingerprint density at radius 3 is 2.21 bits per heavy atom. The number of hydrogen-bond acceptors (Lipinski definition) is 6. The number of nitrogens with zero attached hydrogens (tertiary/aromatic N) is 2. The lowest BCUT2D eigenvalue weighted by Gasteiger charge is -2.24. The van der Waals surface area contributed by atoms with Crippen LogP contribution >= 0.6 is 0 Å². The van der Waals surface area contributed by atoms with Gasteiger partial charge in [0.2, 0.25) is 5.88 Å². The molecule has 0 spiro atoms. The van der Waals surface area contributed by atoms with Crippen LogP contribution in [0.15, 0.2) is 120 Å². The fourth-order valence-electron chi connectivity index (χ4n) is 5.27. The van der Waals surface area contributed by atoms with Crippen LogP contribution in [0.3, 0.4) is 0 Å². The van der Waals surface area contributed by atoms with E-state index in [1.54, 1.807) is 62.5 Å². The molecule has 0 amide bonds. The molecule has 0 radical (unpaired) electrons. The molecule has 0 fully saturated rings. The van der Waals surface area contributed by atoms with E-state index in [2.05, 4.69) is 4.98 Å². The molecule has 0 aliphatic heterocycles. The average Bonchev–Trinajstić information content (AvgIpc) is 3.07. The number of aromatic nitrogens is 2. The van der Waals surface area contributed by atoms with Crippen LogP contribution in [0.2, 0.25) is 0 Å². The van der Waals surface area contributed by atoms with E-state index in [4.69, 9.17) is 9.72 Å². The molecule has 10 heteroatoms. The third kappa shape index (κ3) is 6.71. The third-order valence-electron chi connectivity index (χ3n) is 8.31. The van der Waals surface area contributed by atoms with Gasteiger partial charge >= 0.3 is 0 Å². The van der Waals surface area contributed by atoms with Crippen LogP contribution < -0.4 is 4.74 Å². The number of sulfone groups is 1. The Morgan fingerprint density at radius 2 is 1.53 bits per heavy atom. The molecule has 47 heavy (non-hydrogen) atoms. The Kier molecular flexibility index (Phi) is 8.76. The van der Waals surface area contributed by atoms with Gasteiger partial charge in [0.25, 0.3) is 0 Å². The number of rotatable bonds is 9. The van der Waals surface area contributed by atoms with E-state index in [0.29, 0.717) is 22.7 Å². The Bertz CT molecular complexity index is 2240. The number of fused-ring (bicyclic) bond motifs is 1. The van der Waals surface area contributed by atoms with Gasteiger partial charge in [-0.1, -0.05) is 48.5 Å². The predicted molar refractivity (Wildman–Crippen MR) is 183 cm³/mol. The van der Waals surface area contributed by atoms with Gasteiger partial charge in [0, 0.05) is 40.6 Å². The van der Waals surface area contributed by atoms with Gasteiger partial charge in [0.05, 0.1) is 20.9 Å². The van der Waals surface area contributed by atoms with Crippen LogP contribution in [-0.4, -0.2) is 33.4 Å². The second-order valence-corrected chi connectivity index (χ2v) is 15.2. The summed E-state index contributed by atoms with van der Waals surface area (Å²) in [5.74, 6) is 0.0209. The smallest absolute Gasteiger partial charge is 0.214 e. The summed E-state index contributed by atoms with van der Waals surface area (Å²) in [5.41, 5.74) is 6.72. The minimum atomic E-state index is -3.44. The molecule has 0 aliphatic rings. The summed E-state index contributed by atoms with van der Waals surface area (Å²) in [6.07, 6.45) is 2.96. The van der Waals surface area contributed by atoms with E-state index in [0.717, 1.165) is 38.7 Å². The molecule has 238 valence electrons. The highest BCUT2D eigenvalue weighted by molar-refractivity contribution is 7.91. The van der Waals surface area contributed by atoms with E-state index >= 15 is 0 Å². The van der Waals surface area contributed by atoms with Gasteiger partial charge in [-0.3, -0.25) is 4.98 Å². The van der Waals surface area contributed by atoms with Gasteiger partial charge in [0.1, 0.15) is 12.4 Å². The lowest BCUT2D eigenvalue weighted by atomic mass is 9.91. The number of halogens is 1. The fraction of sp³-hybridized carbons (Fsp3) is 0.135. The summed E-state index contributed by atoms with van der Waals surface area (Å²) in [6.45, 7) is 3.59. The first-order valence-corrected chi connectivity index (χ1v) is 17.7. The van der Waals surface area contributed by atoms with Crippen molar-refractivity contribution in [1.29, 1.82) is 0 Å². The molecule has 4 aromatic carbocycles. The first-order valence-electron chi connectivity index (χ1n) is 14.7. The zero-order valence-electron chi connectivity index (χ0n) is 25.8. The second kappa shape index (κ2) is 12.8. The summed E-state index contributed by atoms with van der Waals surface area (Å²) in [6, 6.07) is 31.7. The van der Waals surface area contributed by atoms with E-state index in [-0.39, 0.29) is 17.3 Å². The van der Waals surface area contributed by atoms with Gasteiger partial charge in [-0.2, -0.15) is 0 Å². The molecule has 1 N–H and O–H groups in total. The Balaban J connectivity index is 1.47. The summed E-state index contributed by atoms with van der Waals surface area (Å²) in [5, 5.41) is 0.827. The van der Waals surface area contributed by atoms with Crippen molar-refractivity contribution in [3.63, 3.8) is 0 Å². The number of ether oxygens (including phenoxy) is 1. The number of benzene rings is 4. The van der Waals surface area contributed by atoms with E-state index in [1.807, 2.05) is 54.6 Å². The predicted octanol–water partition coefficient (Wildman–Crippen LogP) is 8.21. The molecular weight excluding hydrogens is 636 g/mol. The quantitative estimate of drug-likeness (QED) is 0.155. The molecule has 6 rings (SSSR count). The Morgan fingerprint density at radius 1 is 0.830 bits per heavy atom. The average molecular weight is 667 g/mol. The second-order valence-electron chi connectivity index (χ2n) is 11.7. The maximum atomic E-state index is 13.4. The van der Waals surface area contributed by atoms with Crippen molar-refractivity contribution in [3.8, 4) is 39.4 Å². The van der Waals surface area contributed by atoms with Gasteiger partial charge in [-0.15, -0.1) is 0 Å². The molecule has 6 aromatic rings. The van der Waals surface area contributed by atoms with Crippen molar-refractivity contribution >= 4 is 31.8 Å². The lowest BCUT2D eigenvalue weighted by Crippen LogP contribution is -2.28. The Labute approximate surface area is 275 Å². The zero-order chi connectivity index (χ0) is 33.3. The first kappa shape index (κ1) is 32.2. The van der Waals surface area contributed by atoms with E-state index in [1.165, 1.54) is 18.4 Å². The van der Waals surface area contributed by atoms with E-state index in [9.17, 15) is 21.6 Å². The summed E-state index contributed by atoms with van der Waals surface area (Å²) in [7, 11) is -3.44. The summed E-state index contributed by atoms with van der Waals surface area (Å²) < 4.78 is 65.0. The highest BCUT2D eigenvalue weighted by atomic mass is 32.2. The number of hydrogen-bond donors (Lipinski definition) is 1. The standard InChI is InChI=1S/C37H31FN2O5S2/c1-37(2,47(3,43)44)29-21-28-8-5-19-39-35(28)33(22-29)27-7-4-6-26(20-27)32-17-18-34(45-23-24-9-13-30(38)14-10-24)40-36(32)25-11-15-31(16-12-25)46(41)42/h4-22H,23H2,1-3H3,(H,41,42). The van der Waals surface area contributed by atoms with Crippen molar-refractivity contribution in [3.05, 3.63) is 132 Å². The first-order chi connectivity index (χ1) is 22.4. The van der Waals surface area contributed by atoms with Crippen molar-refractivity contribution in [1.82, 2.24) is 9.97 Å². The van der Waals surface area contributed by atoms with E-state index < -0.39 is 25.7 Å². The molecule has 0 saturated heterocycles. The van der Waals surface area contributed by atoms with Gasteiger partial charge < -0.3 is 9.29 Å². The van der Waals surface area contributed by atoms with Crippen molar-refractivity contribution < 1.29 is 26.3 Å². The molecule has 2 heterocycles. The monoisotopic (exact) mass is 666 g/mol. The molecule has 0 saturated carbocycles. The van der Waals surface area contributed by atoms with Crippen molar-refractivity contribution in [2.75, 3.05) is 6.26 Å². The maximum absolute atomic E-state index is 13.4. The topological polar surface area (TPSA) is 106 Å². The minimum Gasteiger partial charge on any atom is -0.473 e. The SMILES string of the molecule is CC(C)(c1cc(-c2cccc(-c3ccc(OCc4ccc(F)cc4)nc3-c3ccc(S(=O)O)cc3)c2)c2ncccc2c1)S(C)(=O)=O. The summed E-state index contributed by atoms with van der Waals surface area (Å²) in [4.78, 5) is 9.75. The van der Waals surface area contributed by atoms with Gasteiger partial charge in [0.15, 0.2) is 20.9 Å². The molecule has 0 aliphatic carbocycles. The molecule has 1 unspecified atom stereocenters. The lowest BCUT2D eigenvalue weighted by molar-refractivity contribution is 0.294. The van der Waals surface area contributed by atoms with Gasteiger partial charge in [-0.25, -0.2) is 22.0 Å². The van der Waals surface area contributed by atoms with Crippen LogP contribution in [0, 0.1) is 5.82 Å². The fourth-order valence-corrected chi connectivity index (χ4v) is 6.18. The van der Waals surface area contributed by atoms with Crippen molar-refractivity contribution in [2.45, 2.75) is 30.1 Å². The van der Waals surface area contributed by atoms with Crippen LogP contribution in [0.5, 0.6) is 5.88 Å². The summed E-state index contributed by atoms with van der Waals surface area (Å²) >= 11 is -2.13. The van der Waals surface area contributed by atoms with Gasteiger partial charge in [-0.05, 0) is 90.7 Å². The molecule has 7 nitrogen and oxygen atoms in total. The third-order valence-corrected chi connectivity index (χ3v) is 11.1. The van der Waals surface area contributed by atoms with Crippen LogP contribution in [0.25, 0.3) is 44.4 Å². The van der Waals surface area contributed by atoms with Crippen molar-refractivity contribution in [2.24, 2.45) is 0 Å². The zero-order valence-corrected chi connectivity index (χ0v) is 27.5. The van der Waals surface area contributed by atoms with Crippen LogP contribution in [-0.2, 0) is 32.3 Å². The molecule has 1 atom stereocenters. The van der Waals surface area contributed by atoms with Crippen LogP contribution in [0.4, 0.5) is 4.39 Å². The normalized spacial score (nSPS) is 12.6.